The van der Waals surface area contributed by atoms with E-state index in [1.54, 1.807) is 32.9 Å². The molecule has 20 heavy (non-hydrogen) atoms. The molecule has 1 N–H and O–H groups in total. The maximum atomic E-state index is 12.2. The van der Waals surface area contributed by atoms with Crippen LogP contribution in [0.5, 0.6) is 0 Å². The number of ketones is 1. The summed E-state index contributed by atoms with van der Waals surface area (Å²) in [4.78, 5) is 12.3. The molecule has 112 valence electrons. The van der Waals surface area contributed by atoms with Gasteiger partial charge in [-0.25, -0.2) is 13.1 Å². The number of hydrogen-bond donors (Lipinski definition) is 1. The Hall–Kier alpha value is -1.24. The van der Waals surface area contributed by atoms with Crippen molar-refractivity contribution in [2.24, 2.45) is 5.41 Å². The molecule has 0 saturated carbocycles. The van der Waals surface area contributed by atoms with Crippen molar-refractivity contribution in [2.75, 3.05) is 20.3 Å². The van der Waals surface area contributed by atoms with Crippen molar-refractivity contribution in [3.8, 4) is 0 Å². The molecule has 0 spiro atoms. The van der Waals surface area contributed by atoms with Crippen molar-refractivity contribution in [1.29, 1.82) is 0 Å². The Kier molecular flexibility index (Phi) is 5.44. The number of ether oxygens (including phenoxy) is 1. The van der Waals surface area contributed by atoms with Gasteiger partial charge in [0.2, 0.25) is 10.0 Å². The minimum Gasteiger partial charge on any atom is -0.383 e. The molecule has 0 unspecified atom stereocenters. The SMILES string of the molecule is COCCNS(=O)(=O)c1cccc(C(=O)C(C)(C)C)c1. The number of Topliss-reactive ketones (excluding diaryl/α,β-unsaturated/α-hetero) is 1. The molecule has 1 rings (SSSR count). The van der Waals surface area contributed by atoms with Crippen LogP contribution in [0.2, 0.25) is 0 Å². The number of carbonyl (C=O) groups excluding carboxylic acids is 1. The molecule has 0 aliphatic carbocycles. The van der Waals surface area contributed by atoms with E-state index in [9.17, 15) is 13.2 Å². The second kappa shape index (κ2) is 6.47. The monoisotopic (exact) mass is 299 g/mol. The molecule has 0 fully saturated rings. The van der Waals surface area contributed by atoms with Gasteiger partial charge in [0.25, 0.3) is 0 Å². The van der Waals surface area contributed by atoms with Gasteiger partial charge in [-0.1, -0.05) is 32.9 Å². The quantitative estimate of drug-likeness (QED) is 0.642. The van der Waals surface area contributed by atoms with Gasteiger partial charge < -0.3 is 4.74 Å². The number of methoxy groups -OCH3 is 1. The summed E-state index contributed by atoms with van der Waals surface area (Å²) in [5.74, 6) is -0.0913. The summed E-state index contributed by atoms with van der Waals surface area (Å²) < 4.78 is 31.3. The number of hydrogen-bond acceptors (Lipinski definition) is 4. The molecular formula is C14H21NO4S. The Morgan fingerprint density at radius 2 is 1.95 bits per heavy atom. The standard InChI is InChI=1S/C14H21NO4S/c1-14(2,3)13(16)11-6-5-7-12(10-11)20(17,18)15-8-9-19-4/h5-7,10,15H,8-9H2,1-4H3. The molecule has 0 heterocycles. The van der Waals surface area contributed by atoms with Crippen LogP contribution in [-0.2, 0) is 14.8 Å². The molecule has 1 aromatic rings. The Morgan fingerprint density at radius 3 is 2.50 bits per heavy atom. The molecule has 0 aliphatic heterocycles. The van der Waals surface area contributed by atoms with Gasteiger partial charge in [-0.15, -0.1) is 0 Å². The molecule has 0 bridgehead atoms. The predicted molar refractivity (Wildman–Crippen MR) is 77.3 cm³/mol. The predicted octanol–water partition coefficient (Wildman–Crippen LogP) is 1.84. The van der Waals surface area contributed by atoms with Gasteiger partial charge >= 0.3 is 0 Å². The molecule has 0 saturated heterocycles. The van der Waals surface area contributed by atoms with Crippen molar-refractivity contribution in [3.05, 3.63) is 29.8 Å². The normalized spacial score (nSPS) is 12.4. The van der Waals surface area contributed by atoms with Crippen LogP contribution in [-0.4, -0.2) is 34.5 Å². The number of benzene rings is 1. The first-order chi connectivity index (χ1) is 9.18. The van der Waals surface area contributed by atoms with Crippen LogP contribution < -0.4 is 4.72 Å². The lowest BCUT2D eigenvalue weighted by Crippen LogP contribution is -2.27. The van der Waals surface area contributed by atoms with E-state index in [0.29, 0.717) is 12.2 Å². The highest BCUT2D eigenvalue weighted by atomic mass is 32.2. The van der Waals surface area contributed by atoms with Gasteiger partial charge in [-0.3, -0.25) is 4.79 Å². The molecule has 0 amide bonds. The van der Waals surface area contributed by atoms with Crippen molar-refractivity contribution in [3.63, 3.8) is 0 Å². The Morgan fingerprint density at radius 1 is 1.30 bits per heavy atom. The molecule has 0 aliphatic rings. The molecule has 6 heteroatoms. The van der Waals surface area contributed by atoms with Gasteiger partial charge in [-0.2, -0.15) is 0 Å². The molecule has 0 radical (unpaired) electrons. The van der Waals surface area contributed by atoms with E-state index in [2.05, 4.69) is 4.72 Å². The Balaban J connectivity index is 3.02. The van der Waals surface area contributed by atoms with Crippen molar-refractivity contribution in [2.45, 2.75) is 25.7 Å². The van der Waals surface area contributed by atoms with Crippen LogP contribution in [0, 0.1) is 5.41 Å². The van der Waals surface area contributed by atoms with Gasteiger partial charge in [0, 0.05) is 24.6 Å². The average Bonchev–Trinajstić information content (AvgIpc) is 2.37. The summed E-state index contributed by atoms with van der Waals surface area (Å²) in [5.41, 5.74) is -0.154. The van der Waals surface area contributed by atoms with Gasteiger partial charge in [0.05, 0.1) is 11.5 Å². The smallest absolute Gasteiger partial charge is 0.240 e. The van der Waals surface area contributed by atoms with Crippen LogP contribution in [0.4, 0.5) is 0 Å². The van der Waals surface area contributed by atoms with E-state index in [0.717, 1.165) is 0 Å². The van der Waals surface area contributed by atoms with E-state index in [1.807, 2.05) is 0 Å². The minimum absolute atomic E-state index is 0.0868. The zero-order chi connectivity index (χ0) is 15.4. The van der Waals surface area contributed by atoms with Crippen LogP contribution in [0.1, 0.15) is 31.1 Å². The van der Waals surface area contributed by atoms with E-state index in [4.69, 9.17) is 4.74 Å². The second-order valence-corrected chi connectivity index (χ2v) is 7.26. The lowest BCUT2D eigenvalue weighted by Gasteiger charge is -2.17. The fourth-order valence-corrected chi connectivity index (χ4v) is 2.66. The maximum Gasteiger partial charge on any atom is 0.240 e. The third-order valence-corrected chi connectivity index (χ3v) is 4.14. The van der Waals surface area contributed by atoms with Crippen LogP contribution in [0.3, 0.4) is 0 Å². The zero-order valence-electron chi connectivity index (χ0n) is 12.3. The van der Waals surface area contributed by atoms with Gasteiger partial charge in [0.15, 0.2) is 5.78 Å². The highest BCUT2D eigenvalue weighted by Gasteiger charge is 2.24. The van der Waals surface area contributed by atoms with Crippen molar-refractivity contribution >= 4 is 15.8 Å². The lowest BCUT2D eigenvalue weighted by molar-refractivity contribution is 0.0858. The summed E-state index contributed by atoms with van der Waals surface area (Å²) >= 11 is 0. The third kappa shape index (κ3) is 4.40. The van der Waals surface area contributed by atoms with Crippen molar-refractivity contribution in [1.82, 2.24) is 4.72 Å². The summed E-state index contributed by atoms with van der Waals surface area (Å²) in [6, 6.07) is 6.07. The first-order valence-electron chi connectivity index (χ1n) is 6.32. The largest absolute Gasteiger partial charge is 0.383 e. The van der Waals surface area contributed by atoms with Gasteiger partial charge in [-0.05, 0) is 12.1 Å². The Bertz CT molecular complexity index is 573. The summed E-state index contributed by atoms with van der Waals surface area (Å²) in [7, 11) is -2.12. The first kappa shape index (κ1) is 16.8. The molecule has 5 nitrogen and oxygen atoms in total. The van der Waals surface area contributed by atoms with Gasteiger partial charge in [0.1, 0.15) is 0 Å². The average molecular weight is 299 g/mol. The molecule has 0 aromatic heterocycles. The third-order valence-electron chi connectivity index (χ3n) is 2.69. The summed E-state index contributed by atoms with van der Waals surface area (Å²) in [5, 5.41) is 0. The highest BCUT2D eigenvalue weighted by molar-refractivity contribution is 7.89. The molecular weight excluding hydrogens is 278 g/mol. The van der Waals surface area contributed by atoms with Crippen LogP contribution >= 0.6 is 0 Å². The van der Waals surface area contributed by atoms with E-state index < -0.39 is 15.4 Å². The van der Waals surface area contributed by atoms with Crippen LogP contribution in [0.15, 0.2) is 29.2 Å². The number of nitrogens with one attached hydrogen (secondary N) is 1. The fourth-order valence-electron chi connectivity index (χ4n) is 1.60. The Labute approximate surface area is 120 Å². The summed E-state index contributed by atoms with van der Waals surface area (Å²) in [6.45, 7) is 5.88. The molecule has 1 aromatic carbocycles. The maximum absolute atomic E-state index is 12.2. The van der Waals surface area contributed by atoms with E-state index in [1.165, 1.54) is 19.2 Å². The zero-order valence-corrected chi connectivity index (χ0v) is 13.1. The van der Waals surface area contributed by atoms with Crippen LogP contribution in [0.25, 0.3) is 0 Å². The molecule has 0 atom stereocenters. The first-order valence-corrected chi connectivity index (χ1v) is 7.80. The fraction of sp³-hybridized carbons (Fsp3) is 0.500. The highest BCUT2D eigenvalue weighted by Crippen LogP contribution is 2.22. The summed E-state index contributed by atoms with van der Waals surface area (Å²) in [6.07, 6.45) is 0. The number of rotatable bonds is 6. The lowest BCUT2D eigenvalue weighted by atomic mass is 9.87. The van der Waals surface area contributed by atoms with Crippen molar-refractivity contribution < 1.29 is 17.9 Å². The van der Waals surface area contributed by atoms with E-state index >= 15 is 0 Å². The van der Waals surface area contributed by atoms with E-state index in [-0.39, 0.29) is 17.2 Å². The minimum atomic E-state index is -3.62. The topological polar surface area (TPSA) is 72.5 Å². The number of carbonyl (C=O) groups is 1. The second-order valence-electron chi connectivity index (χ2n) is 5.50. The number of sulfonamides is 1.